The third-order valence-corrected chi connectivity index (χ3v) is 4.84. The maximum Gasteiger partial charge on any atom is 0.317 e. The second-order valence-electron chi connectivity index (χ2n) is 8.71. The Morgan fingerprint density at radius 3 is 1.74 bits per heavy atom. The minimum Gasteiger partial charge on any atom is -0.442 e. The average molecular weight is 411 g/mol. The first-order valence-electron chi connectivity index (χ1n) is 10.4. The minimum absolute atomic E-state index is 0.0663. The van der Waals surface area contributed by atoms with Gasteiger partial charge >= 0.3 is 6.02 Å². The van der Waals surface area contributed by atoms with E-state index in [1.165, 1.54) is 0 Å². The van der Waals surface area contributed by atoms with Crippen LogP contribution in [-0.2, 0) is 0 Å². The van der Waals surface area contributed by atoms with Gasteiger partial charge in [-0.1, -0.05) is 93.6 Å². The maximum atomic E-state index is 8.38. The van der Waals surface area contributed by atoms with E-state index >= 15 is 0 Å². The molecular formula is C27H26N2O2. The lowest BCUT2D eigenvalue weighted by Gasteiger charge is -2.20. The van der Waals surface area contributed by atoms with Crippen molar-refractivity contribution in [3.63, 3.8) is 0 Å². The summed E-state index contributed by atoms with van der Waals surface area (Å²) in [5, 5.41) is 12.5. The first kappa shape index (κ1) is 20.6. The monoisotopic (exact) mass is 410 g/mol. The van der Waals surface area contributed by atoms with Crippen LogP contribution in [0.2, 0.25) is 0 Å². The number of aliphatic imine (C=N–C) groups is 1. The predicted molar refractivity (Wildman–Crippen MR) is 128 cm³/mol. The normalized spacial score (nSPS) is 12.2. The summed E-state index contributed by atoms with van der Waals surface area (Å²) in [4.78, 5) is 4.42. The average Bonchev–Trinajstić information content (AvgIpc) is 2.73. The maximum absolute atomic E-state index is 8.38. The molecule has 0 aliphatic rings. The SMILES string of the molecule is CC(C)(C)CC(=NC(=N)Oc1cccc2ccccc12)Oc1cccc2ccccc12. The third kappa shape index (κ3) is 5.10. The summed E-state index contributed by atoms with van der Waals surface area (Å²) in [6, 6.07) is 27.5. The van der Waals surface area contributed by atoms with E-state index in [0.29, 0.717) is 18.1 Å². The minimum atomic E-state index is -0.198. The summed E-state index contributed by atoms with van der Waals surface area (Å²) in [6.45, 7) is 6.35. The number of ether oxygens (including phenoxy) is 2. The number of fused-ring (bicyclic) bond motifs is 2. The Morgan fingerprint density at radius 2 is 1.19 bits per heavy atom. The van der Waals surface area contributed by atoms with E-state index in [4.69, 9.17) is 14.9 Å². The molecule has 0 atom stereocenters. The smallest absolute Gasteiger partial charge is 0.317 e. The highest BCUT2D eigenvalue weighted by atomic mass is 16.5. The number of amidine groups is 1. The molecule has 0 aliphatic carbocycles. The van der Waals surface area contributed by atoms with Gasteiger partial charge in [-0.25, -0.2) is 5.41 Å². The highest BCUT2D eigenvalue weighted by Crippen LogP contribution is 2.29. The molecule has 31 heavy (non-hydrogen) atoms. The molecule has 0 radical (unpaired) electrons. The fourth-order valence-corrected chi connectivity index (χ4v) is 3.49. The van der Waals surface area contributed by atoms with Gasteiger partial charge in [0.2, 0.25) is 0 Å². The summed E-state index contributed by atoms with van der Waals surface area (Å²) in [5.41, 5.74) is -0.0663. The Balaban J connectivity index is 1.64. The number of hydrogen-bond donors (Lipinski definition) is 1. The molecule has 4 aromatic carbocycles. The largest absolute Gasteiger partial charge is 0.442 e. The van der Waals surface area contributed by atoms with Gasteiger partial charge in [-0.05, 0) is 28.3 Å². The van der Waals surface area contributed by atoms with Crippen molar-refractivity contribution in [2.24, 2.45) is 10.4 Å². The fourth-order valence-electron chi connectivity index (χ4n) is 3.49. The zero-order valence-corrected chi connectivity index (χ0v) is 18.1. The van der Waals surface area contributed by atoms with Crippen molar-refractivity contribution in [1.82, 2.24) is 0 Å². The van der Waals surface area contributed by atoms with Gasteiger partial charge in [-0.15, -0.1) is 0 Å². The summed E-state index contributed by atoms with van der Waals surface area (Å²) in [7, 11) is 0. The molecule has 0 spiro atoms. The molecule has 0 unspecified atom stereocenters. The van der Waals surface area contributed by atoms with Crippen molar-refractivity contribution >= 4 is 33.5 Å². The van der Waals surface area contributed by atoms with Crippen molar-refractivity contribution in [3.8, 4) is 11.5 Å². The van der Waals surface area contributed by atoms with Crippen molar-refractivity contribution < 1.29 is 9.47 Å². The molecule has 0 aromatic heterocycles. The van der Waals surface area contributed by atoms with Crippen LogP contribution in [0.1, 0.15) is 27.2 Å². The molecule has 0 fully saturated rings. The second-order valence-corrected chi connectivity index (χ2v) is 8.71. The summed E-state index contributed by atoms with van der Waals surface area (Å²) >= 11 is 0. The summed E-state index contributed by atoms with van der Waals surface area (Å²) in [5.74, 6) is 1.78. The lowest BCUT2D eigenvalue weighted by molar-refractivity contribution is 0.397. The summed E-state index contributed by atoms with van der Waals surface area (Å²) < 4.78 is 12.0. The van der Waals surface area contributed by atoms with Gasteiger partial charge in [0.25, 0.3) is 0 Å². The molecule has 0 aliphatic heterocycles. The molecule has 156 valence electrons. The van der Waals surface area contributed by atoms with Gasteiger partial charge in [0.05, 0.1) is 0 Å². The topological polar surface area (TPSA) is 54.7 Å². The van der Waals surface area contributed by atoms with Gasteiger partial charge in [0.1, 0.15) is 11.5 Å². The number of nitrogens with one attached hydrogen (secondary N) is 1. The van der Waals surface area contributed by atoms with E-state index in [9.17, 15) is 0 Å². The molecule has 1 N–H and O–H groups in total. The Bertz CT molecular complexity index is 1260. The summed E-state index contributed by atoms with van der Waals surface area (Å²) in [6.07, 6.45) is 0.567. The van der Waals surface area contributed by atoms with Crippen molar-refractivity contribution in [2.45, 2.75) is 27.2 Å². The van der Waals surface area contributed by atoms with E-state index in [-0.39, 0.29) is 11.4 Å². The standard InChI is InChI=1S/C27H26N2O2/c1-27(2,3)18-25(30-23-16-8-12-19-10-4-6-14-21(19)23)29-26(28)31-24-17-9-13-20-11-5-7-15-22(20)24/h4-17,28H,18H2,1-3H3. The van der Waals surface area contributed by atoms with E-state index in [2.05, 4.69) is 37.9 Å². The van der Waals surface area contributed by atoms with Crippen LogP contribution in [0.25, 0.3) is 21.5 Å². The molecular weight excluding hydrogens is 384 g/mol. The van der Waals surface area contributed by atoms with E-state index in [1.807, 2.05) is 72.8 Å². The van der Waals surface area contributed by atoms with E-state index in [1.54, 1.807) is 0 Å². The van der Waals surface area contributed by atoms with Crippen LogP contribution in [0.4, 0.5) is 0 Å². The number of nitrogens with zero attached hydrogens (tertiary/aromatic N) is 1. The van der Waals surface area contributed by atoms with Gasteiger partial charge < -0.3 is 9.47 Å². The molecule has 4 aromatic rings. The number of rotatable bonds is 3. The van der Waals surface area contributed by atoms with E-state index in [0.717, 1.165) is 27.3 Å². The fraction of sp³-hybridized carbons (Fsp3) is 0.185. The van der Waals surface area contributed by atoms with Gasteiger partial charge in [0.15, 0.2) is 5.90 Å². The van der Waals surface area contributed by atoms with Crippen molar-refractivity contribution in [3.05, 3.63) is 84.9 Å². The van der Waals surface area contributed by atoms with Gasteiger partial charge in [-0.2, -0.15) is 4.99 Å². The Morgan fingerprint density at radius 1 is 0.710 bits per heavy atom. The van der Waals surface area contributed by atoms with Crippen LogP contribution in [0.3, 0.4) is 0 Å². The molecule has 4 rings (SSSR count). The first-order chi connectivity index (χ1) is 14.9. The Hall–Kier alpha value is -3.66. The molecule has 4 nitrogen and oxygen atoms in total. The van der Waals surface area contributed by atoms with Crippen molar-refractivity contribution in [1.29, 1.82) is 5.41 Å². The molecule has 4 heteroatoms. The molecule has 0 amide bonds. The third-order valence-electron chi connectivity index (χ3n) is 4.84. The first-order valence-corrected chi connectivity index (χ1v) is 10.4. The molecule has 0 saturated carbocycles. The zero-order chi connectivity index (χ0) is 21.8. The van der Waals surface area contributed by atoms with Crippen LogP contribution < -0.4 is 9.47 Å². The molecule has 0 bridgehead atoms. The highest BCUT2D eigenvalue weighted by Gasteiger charge is 2.18. The Kier molecular flexibility index (Phi) is 5.72. The number of hydrogen-bond acceptors (Lipinski definition) is 3. The van der Waals surface area contributed by atoms with Crippen LogP contribution in [-0.4, -0.2) is 11.9 Å². The zero-order valence-electron chi connectivity index (χ0n) is 18.1. The quantitative estimate of drug-likeness (QED) is 0.286. The van der Waals surface area contributed by atoms with Gasteiger partial charge in [0, 0.05) is 17.2 Å². The molecule has 0 heterocycles. The molecule has 0 saturated heterocycles. The van der Waals surface area contributed by atoms with Crippen LogP contribution in [0.15, 0.2) is 89.9 Å². The van der Waals surface area contributed by atoms with Crippen LogP contribution in [0, 0.1) is 10.8 Å². The van der Waals surface area contributed by atoms with E-state index < -0.39 is 0 Å². The van der Waals surface area contributed by atoms with Gasteiger partial charge in [-0.3, -0.25) is 0 Å². The van der Waals surface area contributed by atoms with Crippen LogP contribution in [0.5, 0.6) is 11.5 Å². The highest BCUT2D eigenvalue weighted by molar-refractivity contribution is 5.96. The lowest BCUT2D eigenvalue weighted by Crippen LogP contribution is -2.21. The van der Waals surface area contributed by atoms with Crippen LogP contribution >= 0.6 is 0 Å². The predicted octanol–water partition coefficient (Wildman–Crippen LogP) is 7.22. The number of benzene rings is 4. The van der Waals surface area contributed by atoms with Crippen molar-refractivity contribution in [2.75, 3.05) is 0 Å². The Labute approximate surface area is 182 Å². The second kappa shape index (κ2) is 8.60. The lowest BCUT2D eigenvalue weighted by atomic mass is 9.92.